The van der Waals surface area contributed by atoms with E-state index >= 15 is 0 Å². The van der Waals surface area contributed by atoms with Gasteiger partial charge in [0.25, 0.3) is 11.6 Å². The third-order valence-corrected chi connectivity index (χ3v) is 2.32. The maximum absolute atomic E-state index is 11.8. The highest BCUT2D eigenvalue weighted by Gasteiger charge is 2.18. The normalized spacial score (nSPS) is 10.0. The molecular formula is C11H10N4O3. The molecule has 0 aliphatic carbocycles. The molecule has 18 heavy (non-hydrogen) atoms. The maximum Gasteiger partial charge on any atom is 0.282 e. The largest absolute Gasteiger partial charge is 0.347 e. The number of aromatic amines is 1. The first-order valence-corrected chi connectivity index (χ1v) is 5.18. The van der Waals surface area contributed by atoms with Crippen LogP contribution in [0.15, 0.2) is 36.7 Å². The number of nitrogens with zero attached hydrogens (tertiary/aromatic N) is 2. The monoisotopic (exact) mass is 246 g/mol. The molecule has 92 valence electrons. The van der Waals surface area contributed by atoms with Crippen LogP contribution in [0.3, 0.4) is 0 Å². The summed E-state index contributed by atoms with van der Waals surface area (Å²) >= 11 is 0. The Kier molecular flexibility index (Phi) is 3.33. The Morgan fingerprint density at radius 1 is 1.44 bits per heavy atom. The number of nitro groups is 1. The van der Waals surface area contributed by atoms with Crippen molar-refractivity contribution in [1.82, 2.24) is 15.3 Å². The number of hydrogen-bond donors (Lipinski definition) is 2. The maximum atomic E-state index is 11.8. The van der Waals surface area contributed by atoms with E-state index in [0.717, 1.165) is 0 Å². The van der Waals surface area contributed by atoms with E-state index in [2.05, 4.69) is 15.3 Å². The number of carbonyl (C=O) groups is 1. The van der Waals surface area contributed by atoms with Crippen LogP contribution in [0.4, 0.5) is 5.69 Å². The van der Waals surface area contributed by atoms with E-state index in [9.17, 15) is 14.9 Å². The fourth-order valence-electron chi connectivity index (χ4n) is 1.48. The molecule has 0 aliphatic heterocycles. The van der Waals surface area contributed by atoms with Gasteiger partial charge in [-0.05, 0) is 6.07 Å². The standard InChI is InChI=1S/C11H10N4O3/c16-11(14-7-10-12-5-6-13-10)8-3-1-2-4-9(8)15(17)18/h1-6H,7H2,(H,12,13)(H,14,16). The highest BCUT2D eigenvalue weighted by atomic mass is 16.6. The van der Waals surface area contributed by atoms with Crippen LogP contribution in [0.25, 0.3) is 0 Å². The number of rotatable bonds is 4. The van der Waals surface area contributed by atoms with Gasteiger partial charge in [-0.2, -0.15) is 0 Å². The molecule has 7 nitrogen and oxygen atoms in total. The lowest BCUT2D eigenvalue weighted by atomic mass is 10.1. The third-order valence-electron chi connectivity index (χ3n) is 2.32. The SMILES string of the molecule is O=C(NCc1ncc[nH]1)c1ccccc1[N+](=O)[O-]. The van der Waals surface area contributed by atoms with Crippen LogP contribution in [0.2, 0.25) is 0 Å². The summed E-state index contributed by atoms with van der Waals surface area (Å²) in [6, 6.07) is 5.80. The second-order valence-electron chi connectivity index (χ2n) is 3.49. The van der Waals surface area contributed by atoms with Gasteiger partial charge in [-0.3, -0.25) is 14.9 Å². The van der Waals surface area contributed by atoms with Crippen molar-refractivity contribution in [2.75, 3.05) is 0 Å². The number of benzene rings is 1. The number of nitrogens with one attached hydrogen (secondary N) is 2. The molecule has 7 heteroatoms. The molecule has 2 N–H and O–H groups in total. The predicted molar refractivity (Wildman–Crippen MR) is 62.9 cm³/mol. The van der Waals surface area contributed by atoms with E-state index in [1.807, 2.05) is 0 Å². The number of nitro benzene ring substituents is 1. The predicted octanol–water partition coefficient (Wildman–Crippen LogP) is 1.25. The lowest BCUT2D eigenvalue weighted by Crippen LogP contribution is -2.24. The van der Waals surface area contributed by atoms with Crippen molar-refractivity contribution in [3.63, 3.8) is 0 Å². The zero-order valence-corrected chi connectivity index (χ0v) is 9.29. The van der Waals surface area contributed by atoms with Gasteiger partial charge in [0.2, 0.25) is 0 Å². The number of aromatic nitrogens is 2. The van der Waals surface area contributed by atoms with E-state index < -0.39 is 10.8 Å². The van der Waals surface area contributed by atoms with Gasteiger partial charge in [0.1, 0.15) is 11.4 Å². The highest BCUT2D eigenvalue weighted by Crippen LogP contribution is 2.17. The van der Waals surface area contributed by atoms with Crippen molar-refractivity contribution in [3.05, 3.63) is 58.2 Å². The summed E-state index contributed by atoms with van der Waals surface area (Å²) in [5.41, 5.74) is -0.177. The van der Waals surface area contributed by atoms with Crippen molar-refractivity contribution in [3.8, 4) is 0 Å². The zero-order valence-electron chi connectivity index (χ0n) is 9.29. The molecule has 1 aromatic heterocycles. The quantitative estimate of drug-likeness (QED) is 0.626. The van der Waals surface area contributed by atoms with Gasteiger partial charge in [0, 0.05) is 18.5 Å². The fourth-order valence-corrected chi connectivity index (χ4v) is 1.48. The molecule has 0 spiro atoms. The first-order valence-electron chi connectivity index (χ1n) is 5.18. The van der Waals surface area contributed by atoms with Gasteiger partial charge in [0.05, 0.1) is 11.5 Å². The van der Waals surface area contributed by atoms with Crippen molar-refractivity contribution >= 4 is 11.6 Å². The summed E-state index contributed by atoms with van der Waals surface area (Å²) in [5, 5.41) is 13.3. The van der Waals surface area contributed by atoms with Crippen molar-refractivity contribution in [1.29, 1.82) is 0 Å². The Morgan fingerprint density at radius 2 is 2.22 bits per heavy atom. The van der Waals surface area contributed by atoms with Crippen LogP contribution in [0, 0.1) is 10.1 Å². The fraction of sp³-hybridized carbons (Fsp3) is 0.0909. The average molecular weight is 246 g/mol. The van der Waals surface area contributed by atoms with E-state index in [4.69, 9.17) is 0 Å². The Balaban J connectivity index is 2.11. The van der Waals surface area contributed by atoms with Crippen LogP contribution in [-0.2, 0) is 6.54 Å². The number of carbonyl (C=O) groups excluding carboxylic acids is 1. The second-order valence-corrected chi connectivity index (χ2v) is 3.49. The highest BCUT2D eigenvalue weighted by molar-refractivity contribution is 5.97. The number of imidazole rings is 1. The van der Waals surface area contributed by atoms with Crippen LogP contribution in [-0.4, -0.2) is 20.8 Å². The topological polar surface area (TPSA) is 101 Å². The molecule has 2 rings (SSSR count). The third kappa shape index (κ3) is 2.51. The number of para-hydroxylation sites is 1. The van der Waals surface area contributed by atoms with Crippen molar-refractivity contribution in [2.45, 2.75) is 6.54 Å². The summed E-state index contributed by atoms with van der Waals surface area (Å²) in [5.74, 6) is 0.0839. The lowest BCUT2D eigenvalue weighted by Gasteiger charge is -2.03. The van der Waals surface area contributed by atoms with E-state index in [1.54, 1.807) is 18.5 Å². The van der Waals surface area contributed by atoms with Crippen LogP contribution < -0.4 is 5.32 Å². The smallest absolute Gasteiger partial charge is 0.282 e. The molecule has 0 bridgehead atoms. The molecule has 1 aromatic carbocycles. The number of H-pyrrole nitrogens is 1. The number of hydrogen-bond acceptors (Lipinski definition) is 4. The van der Waals surface area contributed by atoms with Gasteiger partial charge in [-0.15, -0.1) is 0 Å². The first-order chi connectivity index (χ1) is 8.68. The molecule has 1 heterocycles. The minimum atomic E-state index is -0.582. The van der Waals surface area contributed by atoms with Crippen LogP contribution >= 0.6 is 0 Å². The Morgan fingerprint density at radius 3 is 2.89 bits per heavy atom. The Labute approximate surface area is 102 Å². The van der Waals surface area contributed by atoms with Crippen LogP contribution in [0.5, 0.6) is 0 Å². The van der Waals surface area contributed by atoms with Crippen LogP contribution in [0.1, 0.15) is 16.2 Å². The summed E-state index contributed by atoms with van der Waals surface area (Å²) < 4.78 is 0. The molecule has 0 saturated heterocycles. The minimum absolute atomic E-state index is 0.0362. The first kappa shape index (κ1) is 11.8. The average Bonchev–Trinajstić information content (AvgIpc) is 2.89. The van der Waals surface area contributed by atoms with E-state index in [-0.39, 0.29) is 17.8 Å². The second kappa shape index (κ2) is 5.09. The summed E-state index contributed by atoms with van der Waals surface area (Å²) in [6.07, 6.45) is 3.19. The molecule has 0 fully saturated rings. The molecule has 0 saturated carbocycles. The van der Waals surface area contributed by atoms with E-state index in [0.29, 0.717) is 5.82 Å². The molecule has 0 unspecified atom stereocenters. The van der Waals surface area contributed by atoms with Gasteiger partial charge in [-0.25, -0.2) is 4.98 Å². The summed E-state index contributed by atoms with van der Waals surface area (Å²) in [7, 11) is 0. The molecule has 2 aromatic rings. The van der Waals surface area contributed by atoms with Crippen molar-refractivity contribution < 1.29 is 9.72 Å². The molecule has 0 atom stereocenters. The zero-order chi connectivity index (χ0) is 13.0. The van der Waals surface area contributed by atoms with Crippen molar-refractivity contribution in [2.24, 2.45) is 0 Å². The summed E-state index contributed by atoms with van der Waals surface area (Å²) in [6.45, 7) is 0.192. The van der Waals surface area contributed by atoms with Gasteiger partial charge in [-0.1, -0.05) is 12.1 Å². The molecular weight excluding hydrogens is 236 g/mol. The number of amides is 1. The minimum Gasteiger partial charge on any atom is -0.347 e. The van der Waals surface area contributed by atoms with Gasteiger partial charge < -0.3 is 10.3 Å². The Hall–Kier alpha value is -2.70. The molecule has 1 amide bonds. The Bertz CT molecular complexity index is 565. The van der Waals surface area contributed by atoms with Gasteiger partial charge >= 0.3 is 0 Å². The molecule has 0 aliphatic rings. The van der Waals surface area contributed by atoms with Gasteiger partial charge in [0.15, 0.2) is 0 Å². The molecule has 0 radical (unpaired) electrons. The lowest BCUT2D eigenvalue weighted by molar-refractivity contribution is -0.385. The summed E-state index contributed by atoms with van der Waals surface area (Å²) in [4.78, 5) is 28.7. The van der Waals surface area contributed by atoms with E-state index in [1.165, 1.54) is 18.2 Å².